The van der Waals surface area contributed by atoms with Crippen molar-refractivity contribution in [3.05, 3.63) is 24.3 Å². The lowest BCUT2D eigenvalue weighted by Gasteiger charge is -2.24. The number of rotatable bonds is 10. The van der Waals surface area contributed by atoms with Gasteiger partial charge < -0.3 is 24.4 Å². The lowest BCUT2D eigenvalue weighted by atomic mass is 10.2. The van der Waals surface area contributed by atoms with Crippen molar-refractivity contribution in [1.29, 1.82) is 0 Å². The van der Waals surface area contributed by atoms with Gasteiger partial charge in [-0.1, -0.05) is 12.1 Å². The summed E-state index contributed by atoms with van der Waals surface area (Å²) in [6, 6.07) is 7.39. The van der Waals surface area contributed by atoms with Crippen molar-refractivity contribution in [3.8, 4) is 0 Å². The SMILES string of the molecule is COCCN(CCOC)C(=O)COC(=O)CC1Sc2ccccc2NC1=O. The van der Waals surface area contributed by atoms with Crippen LogP contribution < -0.4 is 5.32 Å². The molecule has 1 N–H and O–H groups in total. The predicted molar refractivity (Wildman–Crippen MR) is 101 cm³/mol. The molecule has 0 spiro atoms. The number of esters is 1. The van der Waals surface area contributed by atoms with Crippen molar-refractivity contribution in [3.63, 3.8) is 0 Å². The molecule has 1 aromatic carbocycles. The van der Waals surface area contributed by atoms with Gasteiger partial charge in [-0.25, -0.2) is 0 Å². The van der Waals surface area contributed by atoms with Gasteiger partial charge in [0.1, 0.15) is 0 Å². The number of amides is 2. The van der Waals surface area contributed by atoms with Gasteiger partial charge in [0, 0.05) is 32.2 Å². The number of carbonyl (C=O) groups excluding carboxylic acids is 3. The van der Waals surface area contributed by atoms with Crippen molar-refractivity contribution in [2.45, 2.75) is 16.6 Å². The van der Waals surface area contributed by atoms with Gasteiger partial charge in [0.05, 0.1) is 30.6 Å². The number of fused-ring (bicyclic) bond motifs is 1. The summed E-state index contributed by atoms with van der Waals surface area (Å²) < 4.78 is 15.0. The van der Waals surface area contributed by atoms with E-state index in [-0.39, 0.29) is 24.8 Å². The number of anilines is 1. The van der Waals surface area contributed by atoms with Crippen LogP contribution >= 0.6 is 11.8 Å². The molecule has 0 saturated carbocycles. The fourth-order valence-electron chi connectivity index (χ4n) is 2.44. The van der Waals surface area contributed by atoms with E-state index in [9.17, 15) is 14.4 Å². The van der Waals surface area contributed by atoms with E-state index in [1.807, 2.05) is 24.3 Å². The minimum Gasteiger partial charge on any atom is -0.456 e. The largest absolute Gasteiger partial charge is 0.456 e. The standard InChI is InChI=1S/C18H24N2O6S/c1-24-9-7-20(8-10-25-2)16(21)12-26-17(22)11-15-18(23)19-13-5-3-4-6-14(13)27-15/h3-6,15H,7-12H2,1-2H3,(H,19,23). The smallest absolute Gasteiger partial charge is 0.307 e. The number of methoxy groups -OCH3 is 2. The summed E-state index contributed by atoms with van der Waals surface area (Å²) in [5.41, 5.74) is 0.735. The first-order valence-corrected chi connectivity index (χ1v) is 9.41. The number of hydrogen-bond donors (Lipinski definition) is 1. The first-order chi connectivity index (χ1) is 13.0. The minimum atomic E-state index is -0.589. The van der Waals surface area contributed by atoms with Crippen LogP contribution in [0, 0.1) is 0 Å². The van der Waals surface area contributed by atoms with Crippen molar-refractivity contribution in [2.24, 2.45) is 0 Å². The summed E-state index contributed by atoms with van der Waals surface area (Å²) in [5, 5.41) is 2.19. The Hall–Kier alpha value is -2.10. The quantitative estimate of drug-likeness (QED) is 0.593. The lowest BCUT2D eigenvalue weighted by Crippen LogP contribution is -2.39. The number of thioether (sulfide) groups is 1. The molecule has 1 aliphatic rings. The van der Waals surface area contributed by atoms with E-state index >= 15 is 0 Å². The highest BCUT2D eigenvalue weighted by molar-refractivity contribution is 8.01. The van der Waals surface area contributed by atoms with Crippen LogP contribution in [0.15, 0.2) is 29.2 Å². The minimum absolute atomic E-state index is 0.103. The number of nitrogens with zero attached hydrogens (tertiary/aromatic N) is 1. The van der Waals surface area contributed by atoms with E-state index in [1.54, 1.807) is 14.2 Å². The molecule has 1 atom stereocenters. The highest BCUT2D eigenvalue weighted by Gasteiger charge is 2.29. The molecule has 0 fully saturated rings. The number of para-hydroxylation sites is 1. The molecule has 0 radical (unpaired) electrons. The first-order valence-electron chi connectivity index (χ1n) is 8.53. The maximum atomic E-state index is 12.2. The van der Waals surface area contributed by atoms with E-state index < -0.39 is 11.2 Å². The van der Waals surface area contributed by atoms with Crippen LogP contribution in [-0.2, 0) is 28.6 Å². The van der Waals surface area contributed by atoms with Crippen LogP contribution in [-0.4, -0.2) is 75.1 Å². The van der Waals surface area contributed by atoms with Gasteiger partial charge in [0.15, 0.2) is 6.61 Å². The van der Waals surface area contributed by atoms with Gasteiger partial charge in [0.2, 0.25) is 5.91 Å². The Morgan fingerprint density at radius 2 is 1.81 bits per heavy atom. The van der Waals surface area contributed by atoms with Gasteiger partial charge in [-0.2, -0.15) is 0 Å². The second kappa shape index (κ2) is 10.9. The molecule has 2 rings (SSSR count). The van der Waals surface area contributed by atoms with Gasteiger partial charge in [-0.05, 0) is 12.1 Å². The predicted octanol–water partition coefficient (Wildman–Crippen LogP) is 1.15. The first kappa shape index (κ1) is 21.2. The van der Waals surface area contributed by atoms with E-state index in [2.05, 4.69) is 5.32 Å². The highest BCUT2D eigenvalue weighted by atomic mass is 32.2. The topological polar surface area (TPSA) is 94.2 Å². The van der Waals surface area contributed by atoms with Crippen LogP contribution in [0.4, 0.5) is 5.69 Å². The third-order valence-electron chi connectivity index (χ3n) is 3.90. The third kappa shape index (κ3) is 6.53. The molecule has 148 valence electrons. The van der Waals surface area contributed by atoms with Crippen LogP contribution in [0.2, 0.25) is 0 Å². The van der Waals surface area contributed by atoms with Crippen molar-refractivity contribution in [1.82, 2.24) is 4.90 Å². The monoisotopic (exact) mass is 396 g/mol. The average Bonchev–Trinajstić information content (AvgIpc) is 2.67. The summed E-state index contributed by atoms with van der Waals surface area (Å²) in [6.07, 6.45) is -0.103. The van der Waals surface area contributed by atoms with E-state index in [0.29, 0.717) is 26.3 Å². The third-order valence-corrected chi connectivity index (χ3v) is 5.17. The zero-order valence-corrected chi connectivity index (χ0v) is 16.3. The second-order valence-corrected chi connectivity index (χ2v) is 7.07. The average molecular weight is 396 g/mol. The number of nitrogens with one attached hydrogen (secondary N) is 1. The Morgan fingerprint density at radius 3 is 2.48 bits per heavy atom. The molecular weight excluding hydrogens is 372 g/mol. The van der Waals surface area contributed by atoms with E-state index in [4.69, 9.17) is 14.2 Å². The maximum absolute atomic E-state index is 12.2. The number of ether oxygens (including phenoxy) is 3. The molecule has 9 heteroatoms. The molecule has 1 unspecified atom stereocenters. The Morgan fingerprint density at radius 1 is 1.15 bits per heavy atom. The summed E-state index contributed by atoms with van der Waals surface area (Å²) in [4.78, 5) is 38.9. The Kier molecular flexibility index (Phi) is 8.56. The zero-order valence-electron chi connectivity index (χ0n) is 15.4. The molecule has 0 bridgehead atoms. The number of hydrogen-bond acceptors (Lipinski definition) is 7. The second-order valence-electron chi connectivity index (χ2n) is 5.82. The van der Waals surface area contributed by atoms with Gasteiger partial charge in [-0.15, -0.1) is 11.8 Å². The summed E-state index contributed by atoms with van der Waals surface area (Å²) in [7, 11) is 3.09. The van der Waals surface area contributed by atoms with Gasteiger partial charge in [-0.3, -0.25) is 14.4 Å². The van der Waals surface area contributed by atoms with Crippen LogP contribution in [0.25, 0.3) is 0 Å². The Labute approximate surface area is 162 Å². The van der Waals surface area contributed by atoms with Crippen molar-refractivity contribution in [2.75, 3.05) is 52.4 Å². The Balaban J connectivity index is 1.82. The normalized spacial score (nSPS) is 15.6. The van der Waals surface area contributed by atoms with Gasteiger partial charge in [0.25, 0.3) is 5.91 Å². The summed E-state index contributed by atoms with van der Waals surface area (Å²) in [6.45, 7) is 1.15. The molecule has 2 amide bonds. The molecule has 8 nitrogen and oxygen atoms in total. The maximum Gasteiger partial charge on any atom is 0.307 e. The molecule has 1 heterocycles. The summed E-state index contributed by atoms with van der Waals surface area (Å²) >= 11 is 1.31. The van der Waals surface area contributed by atoms with E-state index in [1.165, 1.54) is 16.7 Å². The molecule has 1 aliphatic heterocycles. The van der Waals surface area contributed by atoms with Gasteiger partial charge >= 0.3 is 5.97 Å². The molecule has 27 heavy (non-hydrogen) atoms. The van der Waals surface area contributed by atoms with Crippen molar-refractivity contribution >= 4 is 35.2 Å². The Bertz CT molecular complexity index is 661. The fourth-order valence-corrected chi connectivity index (χ4v) is 3.53. The summed E-state index contributed by atoms with van der Waals surface area (Å²) in [5.74, 6) is -1.17. The van der Waals surface area contributed by atoms with Crippen LogP contribution in [0.5, 0.6) is 0 Å². The zero-order chi connectivity index (χ0) is 19.6. The van der Waals surface area contributed by atoms with Crippen LogP contribution in [0.1, 0.15) is 6.42 Å². The number of carbonyl (C=O) groups is 3. The highest BCUT2D eigenvalue weighted by Crippen LogP contribution is 2.36. The van der Waals surface area contributed by atoms with Crippen molar-refractivity contribution < 1.29 is 28.6 Å². The van der Waals surface area contributed by atoms with Crippen LogP contribution in [0.3, 0.4) is 0 Å². The van der Waals surface area contributed by atoms with E-state index in [0.717, 1.165) is 10.6 Å². The molecule has 1 aromatic rings. The molecule has 0 aliphatic carbocycles. The molecule has 0 saturated heterocycles. The number of benzene rings is 1. The molecular formula is C18H24N2O6S. The molecule has 0 aromatic heterocycles. The fraction of sp³-hybridized carbons (Fsp3) is 0.500. The lowest BCUT2D eigenvalue weighted by molar-refractivity contribution is -0.152.